The zero-order valence-corrected chi connectivity index (χ0v) is 18.6. The quantitative estimate of drug-likeness (QED) is 0.396. The van der Waals surface area contributed by atoms with Crippen molar-refractivity contribution in [1.29, 1.82) is 0 Å². The van der Waals surface area contributed by atoms with Gasteiger partial charge in [-0.1, -0.05) is 87.1 Å². The molecule has 0 atom stereocenters. The summed E-state index contributed by atoms with van der Waals surface area (Å²) >= 11 is 0. The van der Waals surface area contributed by atoms with E-state index in [0.29, 0.717) is 11.8 Å². The summed E-state index contributed by atoms with van der Waals surface area (Å²) in [4.78, 5) is 0. The Balaban J connectivity index is 0.00000127. The van der Waals surface area contributed by atoms with Crippen molar-refractivity contribution in [2.24, 2.45) is 0 Å². The SMILES string of the molecule is C.CC.CC.Cc1ccc2cc3c(C(C)C)c(C(C)C)ccc3cc2c1C. The molecule has 0 heteroatoms. The highest BCUT2D eigenvalue weighted by Crippen LogP contribution is 2.36. The molecule has 0 heterocycles. The molecule has 3 aromatic rings. The van der Waals surface area contributed by atoms with Gasteiger partial charge in [-0.25, -0.2) is 0 Å². The Morgan fingerprint density at radius 3 is 1.63 bits per heavy atom. The summed E-state index contributed by atoms with van der Waals surface area (Å²) in [5.74, 6) is 1.11. The van der Waals surface area contributed by atoms with Gasteiger partial charge in [0.1, 0.15) is 0 Å². The zero-order valence-electron chi connectivity index (χ0n) is 18.6. The van der Waals surface area contributed by atoms with E-state index in [2.05, 4.69) is 77.9 Å². The molecule has 0 saturated carbocycles. The van der Waals surface area contributed by atoms with Crippen molar-refractivity contribution in [3.05, 3.63) is 58.7 Å². The zero-order chi connectivity index (χ0) is 20.0. The average molecular weight is 367 g/mol. The van der Waals surface area contributed by atoms with Crippen molar-refractivity contribution in [2.75, 3.05) is 0 Å². The summed E-state index contributed by atoms with van der Waals surface area (Å²) < 4.78 is 0. The number of rotatable bonds is 2. The molecule has 0 amide bonds. The lowest BCUT2D eigenvalue weighted by molar-refractivity contribution is 0.798. The molecule has 27 heavy (non-hydrogen) atoms. The van der Waals surface area contributed by atoms with Crippen LogP contribution in [0.4, 0.5) is 0 Å². The van der Waals surface area contributed by atoms with Crippen molar-refractivity contribution in [1.82, 2.24) is 0 Å². The third-order valence-electron chi connectivity index (χ3n) is 4.97. The van der Waals surface area contributed by atoms with Gasteiger partial charge in [0.05, 0.1) is 0 Å². The second-order valence-electron chi connectivity index (χ2n) is 7.18. The van der Waals surface area contributed by atoms with Crippen LogP contribution in [0.3, 0.4) is 0 Å². The average Bonchev–Trinajstić information content (AvgIpc) is 2.65. The molecule has 3 rings (SSSR count). The Labute approximate surface area is 169 Å². The molecule has 0 bridgehead atoms. The van der Waals surface area contributed by atoms with E-state index in [9.17, 15) is 0 Å². The molecule has 0 aromatic heterocycles. The third kappa shape index (κ3) is 5.12. The van der Waals surface area contributed by atoms with Gasteiger partial charge in [-0.2, -0.15) is 0 Å². The van der Waals surface area contributed by atoms with Crippen LogP contribution in [0.15, 0.2) is 36.4 Å². The van der Waals surface area contributed by atoms with E-state index in [4.69, 9.17) is 0 Å². The Morgan fingerprint density at radius 1 is 0.630 bits per heavy atom. The van der Waals surface area contributed by atoms with Gasteiger partial charge < -0.3 is 0 Å². The molecule has 0 aliphatic carbocycles. The highest BCUT2D eigenvalue weighted by molar-refractivity contribution is 6.01. The summed E-state index contributed by atoms with van der Waals surface area (Å²) in [6.45, 7) is 21.6. The number of hydrogen-bond donors (Lipinski definition) is 0. The van der Waals surface area contributed by atoms with Crippen LogP contribution < -0.4 is 0 Å². The minimum absolute atomic E-state index is 0. The summed E-state index contributed by atoms with van der Waals surface area (Å²) in [5, 5.41) is 5.55. The lowest BCUT2D eigenvalue weighted by Gasteiger charge is -2.20. The van der Waals surface area contributed by atoms with Gasteiger partial charge in [0.2, 0.25) is 0 Å². The van der Waals surface area contributed by atoms with Gasteiger partial charge in [-0.15, -0.1) is 0 Å². The Hall–Kier alpha value is -1.82. The van der Waals surface area contributed by atoms with Crippen molar-refractivity contribution in [3.63, 3.8) is 0 Å². The molecule has 3 aromatic carbocycles. The predicted octanol–water partition coefficient (Wildman–Crippen LogP) is 9.55. The molecule has 0 nitrogen and oxygen atoms in total. The second kappa shape index (κ2) is 11.1. The van der Waals surface area contributed by atoms with Crippen LogP contribution in [-0.4, -0.2) is 0 Å². The molecular formula is C27H42. The first-order valence-electron chi connectivity index (χ1n) is 10.4. The summed E-state index contributed by atoms with van der Waals surface area (Å²) in [7, 11) is 0. The van der Waals surface area contributed by atoms with Gasteiger partial charge >= 0.3 is 0 Å². The smallest absolute Gasteiger partial charge is 0.0140 e. The largest absolute Gasteiger partial charge is 0.0776 e. The van der Waals surface area contributed by atoms with E-state index in [1.165, 1.54) is 43.8 Å². The van der Waals surface area contributed by atoms with Gasteiger partial charge in [0, 0.05) is 0 Å². The minimum atomic E-state index is 0. The third-order valence-corrected chi connectivity index (χ3v) is 4.97. The summed E-state index contributed by atoms with van der Waals surface area (Å²) in [6, 6.07) is 13.9. The molecule has 0 fully saturated rings. The molecule has 150 valence electrons. The standard InChI is InChI=1S/C22H26.2C2H6.CH4/c1-13(2)19-10-9-18-11-20-16(6)15(5)7-8-17(20)12-21(18)22(19)14(3)4;2*1-2;/h7-14H,1-6H3;2*1-2H3;1H4. The van der Waals surface area contributed by atoms with Gasteiger partial charge in [0.25, 0.3) is 0 Å². The number of benzene rings is 3. The highest BCUT2D eigenvalue weighted by Gasteiger charge is 2.14. The van der Waals surface area contributed by atoms with Crippen molar-refractivity contribution in [3.8, 4) is 0 Å². The van der Waals surface area contributed by atoms with Crippen molar-refractivity contribution in [2.45, 2.75) is 88.5 Å². The molecular weight excluding hydrogens is 324 g/mol. The Morgan fingerprint density at radius 2 is 1.11 bits per heavy atom. The maximum absolute atomic E-state index is 2.40. The fourth-order valence-electron chi connectivity index (χ4n) is 3.59. The Bertz CT molecular complexity index is 851. The van der Waals surface area contributed by atoms with Crippen LogP contribution in [0.1, 0.15) is 96.9 Å². The first-order chi connectivity index (χ1) is 12.4. The first kappa shape index (κ1) is 25.2. The van der Waals surface area contributed by atoms with Crippen molar-refractivity contribution >= 4 is 21.5 Å². The minimum Gasteiger partial charge on any atom is -0.0776 e. The Kier molecular flexibility index (Phi) is 10.4. The fourth-order valence-corrected chi connectivity index (χ4v) is 3.59. The fraction of sp³-hybridized carbons (Fsp3) is 0.481. The van der Waals surface area contributed by atoms with Gasteiger partial charge in [0.15, 0.2) is 0 Å². The van der Waals surface area contributed by atoms with Gasteiger partial charge in [-0.3, -0.25) is 0 Å². The van der Waals surface area contributed by atoms with E-state index in [1.54, 1.807) is 0 Å². The van der Waals surface area contributed by atoms with Crippen LogP contribution in [-0.2, 0) is 0 Å². The maximum atomic E-state index is 2.40. The molecule has 0 aliphatic rings. The summed E-state index contributed by atoms with van der Waals surface area (Å²) in [6.07, 6.45) is 0. The topological polar surface area (TPSA) is 0 Å². The molecule has 0 N–H and O–H groups in total. The van der Waals surface area contributed by atoms with Crippen LogP contribution in [0.2, 0.25) is 0 Å². The second-order valence-corrected chi connectivity index (χ2v) is 7.18. The molecule has 0 spiro atoms. The van der Waals surface area contributed by atoms with E-state index in [1.807, 2.05) is 27.7 Å². The van der Waals surface area contributed by atoms with E-state index in [-0.39, 0.29) is 7.43 Å². The first-order valence-corrected chi connectivity index (χ1v) is 10.4. The van der Waals surface area contributed by atoms with Crippen LogP contribution >= 0.6 is 0 Å². The normalized spacial score (nSPS) is 10.2. The van der Waals surface area contributed by atoms with E-state index < -0.39 is 0 Å². The number of hydrogen-bond acceptors (Lipinski definition) is 0. The van der Waals surface area contributed by atoms with Crippen LogP contribution in [0.5, 0.6) is 0 Å². The van der Waals surface area contributed by atoms with E-state index >= 15 is 0 Å². The monoisotopic (exact) mass is 366 g/mol. The number of fused-ring (bicyclic) bond motifs is 2. The lowest BCUT2D eigenvalue weighted by atomic mass is 9.85. The molecule has 0 unspecified atom stereocenters. The molecule has 0 aliphatic heterocycles. The summed E-state index contributed by atoms with van der Waals surface area (Å²) in [5.41, 5.74) is 5.78. The number of aryl methyl sites for hydroxylation is 2. The van der Waals surface area contributed by atoms with Crippen LogP contribution in [0, 0.1) is 13.8 Å². The van der Waals surface area contributed by atoms with Crippen molar-refractivity contribution < 1.29 is 0 Å². The molecule has 0 radical (unpaired) electrons. The lowest BCUT2D eigenvalue weighted by Crippen LogP contribution is -2.00. The van der Waals surface area contributed by atoms with Crippen LogP contribution in [0.25, 0.3) is 21.5 Å². The highest BCUT2D eigenvalue weighted by atomic mass is 14.2. The predicted molar refractivity (Wildman–Crippen MR) is 129 cm³/mol. The molecule has 0 saturated heterocycles. The van der Waals surface area contributed by atoms with Gasteiger partial charge in [-0.05, 0) is 81.6 Å². The van der Waals surface area contributed by atoms with E-state index in [0.717, 1.165) is 0 Å². The maximum Gasteiger partial charge on any atom is -0.0140 e.